The summed E-state index contributed by atoms with van der Waals surface area (Å²) in [6.45, 7) is 0.891. The molecule has 2 aromatic rings. The Morgan fingerprint density at radius 2 is 1.81 bits per heavy atom. The highest BCUT2D eigenvalue weighted by Gasteiger charge is 2.27. The van der Waals surface area contributed by atoms with Gasteiger partial charge < -0.3 is 14.4 Å². The highest BCUT2D eigenvalue weighted by Crippen LogP contribution is 2.19. The summed E-state index contributed by atoms with van der Waals surface area (Å²) in [5, 5.41) is 2.66. The number of nitrogens with zero attached hydrogens (tertiary/aromatic N) is 1. The zero-order valence-corrected chi connectivity index (χ0v) is 15.0. The summed E-state index contributed by atoms with van der Waals surface area (Å²) >= 11 is 0. The molecule has 1 atom stereocenters. The van der Waals surface area contributed by atoms with Crippen LogP contribution in [0.3, 0.4) is 0 Å². The van der Waals surface area contributed by atoms with Crippen LogP contribution in [0.4, 0.5) is 14.9 Å². The minimum atomic E-state index is -0.568. The number of ether oxygens (including phenoxy) is 2. The number of halogens is 1. The predicted molar refractivity (Wildman–Crippen MR) is 98.4 cm³/mol. The number of benzene rings is 2. The van der Waals surface area contributed by atoms with Crippen molar-refractivity contribution < 1.29 is 23.5 Å². The van der Waals surface area contributed by atoms with Gasteiger partial charge in [-0.25, -0.2) is 9.18 Å². The number of anilines is 1. The van der Waals surface area contributed by atoms with E-state index >= 15 is 0 Å². The molecule has 0 aromatic heterocycles. The van der Waals surface area contributed by atoms with E-state index in [9.17, 15) is 14.0 Å². The average Bonchev–Trinajstić information content (AvgIpc) is 2.69. The van der Waals surface area contributed by atoms with Crippen molar-refractivity contribution in [3.05, 3.63) is 59.9 Å². The normalized spacial score (nSPS) is 16.5. The smallest absolute Gasteiger partial charge is 0.411 e. The van der Waals surface area contributed by atoms with Crippen LogP contribution >= 0.6 is 0 Å². The van der Waals surface area contributed by atoms with Crippen LogP contribution in [0.5, 0.6) is 5.75 Å². The summed E-state index contributed by atoms with van der Waals surface area (Å²) in [5.41, 5.74) is 1.01. The van der Waals surface area contributed by atoms with Crippen LogP contribution in [0.15, 0.2) is 48.5 Å². The van der Waals surface area contributed by atoms with Crippen molar-refractivity contribution >= 4 is 17.7 Å². The van der Waals surface area contributed by atoms with Gasteiger partial charge in [0.25, 0.3) is 5.91 Å². The molecule has 1 fully saturated rings. The molecule has 1 saturated heterocycles. The Bertz CT molecular complexity index is 793. The first-order valence-corrected chi connectivity index (χ1v) is 8.71. The van der Waals surface area contributed by atoms with Crippen LogP contribution in [0.25, 0.3) is 0 Å². The van der Waals surface area contributed by atoms with Crippen LogP contribution in [-0.4, -0.2) is 43.2 Å². The molecule has 2 aromatic carbocycles. The lowest BCUT2D eigenvalue weighted by atomic mass is 10.1. The SMILES string of the molecule is COc1ccc(NC(=O)O[C@H]2CCCN(C(=O)c3ccc(F)cc3)C2)cc1. The molecular weight excluding hydrogens is 351 g/mol. The summed E-state index contributed by atoms with van der Waals surface area (Å²) in [4.78, 5) is 26.3. The molecule has 0 saturated carbocycles. The van der Waals surface area contributed by atoms with Crippen molar-refractivity contribution in [2.45, 2.75) is 18.9 Å². The van der Waals surface area contributed by atoms with E-state index in [1.165, 1.54) is 24.3 Å². The molecule has 2 amide bonds. The van der Waals surface area contributed by atoms with Gasteiger partial charge in [0, 0.05) is 17.8 Å². The van der Waals surface area contributed by atoms with Gasteiger partial charge in [-0.1, -0.05) is 0 Å². The standard InChI is InChI=1S/C20H21FN2O4/c1-26-17-10-8-16(9-11-17)22-20(25)27-18-3-2-12-23(13-18)19(24)14-4-6-15(21)7-5-14/h4-11,18H,2-3,12-13H2,1H3,(H,22,25)/t18-/m0/s1. The number of methoxy groups -OCH3 is 1. The first-order chi connectivity index (χ1) is 13.0. The number of amides is 2. The van der Waals surface area contributed by atoms with Crippen LogP contribution in [0, 0.1) is 5.82 Å². The van der Waals surface area contributed by atoms with Gasteiger partial charge >= 0.3 is 6.09 Å². The number of hydrogen-bond acceptors (Lipinski definition) is 4. The molecule has 0 bridgehead atoms. The minimum absolute atomic E-state index is 0.195. The third-order valence-corrected chi connectivity index (χ3v) is 4.37. The monoisotopic (exact) mass is 372 g/mol. The molecule has 1 aliphatic heterocycles. The molecule has 0 radical (unpaired) electrons. The van der Waals surface area contributed by atoms with Gasteiger partial charge in [0.15, 0.2) is 0 Å². The summed E-state index contributed by atoms with van der Waals surface area (Å²) in [6.07, 6.45) is 0.457. The molecule has 142 valence electrons. The van der Waals surface area contributed by atoms with Crippen LogP contribution in [-0.2, 0) is 4.74 Å². The number of nitrogens with one attached hydrogen (secondary N) is 1. The minimum Gasteiger partial charge on any atom is -0.497 e. The van der Waals surface area contributed by atoms with Crippen LogP contribution in [0.2, 0.25) is 0 Å². The molecule has 0 aliphatic carbocycles. The van der Waals surface area contributed by atoms with E-state index in [-0.39, 0.29) is 17.8 Å². The van der Waals surface area contributed by atoms with E-state index in [1.54, 1.807) is 36.3 Å². The maximum Gasteiger partial charge on any atom is 0.411 e. The summed E-state index contributed by atoms with van der Waals surface area (Å²) in [6, 6.07) is 12.3. The topological polar surface area (TPSA) is 67.9 Å². The van der Waals surface area contributed by atoms with Crippen molar-refractivity contribution in [3.8, 4) is 5.75 Å². The Hall–Kier alpha value is -3.09. The van der Waals surface area contributed by atoms with Gasteiger partial charge in [-0.2, -0.15) is 0 Å². The second-order valence-electron chi connectivity index (χ2n) is 6.28. The number of carbonyl (C=O) groups excluding carboxylic acids is 2. The van der Waals surface area contributed by atoms with Gasteiger partial charge in [-0.3, -0.25) is 10.1 Å². The van der Waals surface area contributed by atoms with E-state index in [2.05, 4.69) is 5.32 Å². The Labute approximate surface area is 156 Å². The zero-order chi connectivity index (χ0) is 19.2. The van der Waals surface area contributed by atoms with Gasteiger partial charge in [0.05, 0.1) is 13.7 Å². The highest BCUT2D eigenvalue weighted by molar-refractivity contribution is 5.94. The Kier molecular flexibility index (Phi) is 5.90. The lowest BCUT2D eigenvalue weighted by Crippen LogP contribution is -2.44. The quantitative estimate of drug-likeness (QED) is 0.889. The van der Waals surface area contributed by atoms with Crippen molar-refractivity contribution in [1.82, 2.24) is 4.90 Å². The van der Waals surface area contributed by atoms with E-state index in [4.69, 9.17) is 9.47 Å². The van der Waals surface area contributed by atoms with Crippen molar-refractivity contribution in [1.29, 1.82) is 0 Å². The molecule has 1 aliphatic rings. The number of hydrogen-bond donors (Lipinski definition) is 1. The maximum atomic E-state index is 13.0. The average molecular weight is 372 g/mol. The molecule has 1 N–H and O–H groups in total. The molecule has 0 unspecified atom stereocenters. The highest BCUT2D eigenvalue weighted by atomic mass is 19.1. The first-order valence-electron chi connectivity index (χ1n) is 8.71. The zero-order valence-electron chi connectivity index (χ0n) is 15.0. The molecule has 27 heavy (non-hydrogen) atoms. The largest absolute Gasteiger partial charge is 0.497 e. The van der Waals surface area contributed by atoms with Crippen molar-refractivity contribution in [2.24, 2.45) is 0 Å². The summed E-state index contributed by atoms with van der Waals surface area (Å²) < 4.78 is 23.5. The van der Waals surface area contributed by atoms with E-state index in [0.717, 1.165) is 6.42 Å². The molecule has 7 heteroatoms. The predicted octanol–water partition coefficient (Wildman–Crippen LogP) is 3.69. The number of rotatable bonds is 4. The van der Waals surface area contributed by atoms with Gasteiger partial charge in [0.2, 0.25) is 0 Å². The lowest BCUT2D eigenvalue weighted by molar-refractivity contribution is 0.0387. The van der Waals surface area contributed by atoms with Crippen LogP contribution < -0.4 is 10.1 Å². The number of carbonyl (C=O) groups is 2. The third kappa shape index (κ3) is 4.97. The Balaban J connectivity index is 1.54. The Morgan fingerprint density at radius 3 is 2.48 bits per heavy atom. The summed E-state index contributed by atoms with van der Waals surface area (Å²) in [7, 11) is 1.57. The molecular formula is C20H21FN2O4. The molecule has 3 rings (SSSR count). The third-order valence-electron chi connectivity index (χ3n) is 4.37. The second-order valence-corrected chi connectivity index (χ2v) is 6.28. The van der Waals surface area contributed by atoms with Crippen LogP contribution in [0.1, 0.15) is 23.2 Å². The Morgan fingerprint density at radius 1 is 1.11 bits per heavy atom. The van der Waals surface area contributed by atoms with Gasteiger partial charge in [-0.05, 0) is 61.4 Å². The molecule has 6 nitrogen and oxygen atoms in total. The number of piperidine rings is 1. The maximum absolute atomic E-state index is 13.0. The van der Waals surface area contributed by atoms with E-state index in [0.29, 0.717) is 36.5 Å². The fraction of sp³-hybridized carbons (Fsp3) is 0.300. The fourth-order valence-corrected chi connectivity index (χ4v) is 2.97. The molecule has 1 heterocycles. The van der Waals surface area contributed by atoms with Gasteiger partial charge in [-0.15, -0.1) is 0 Å². The first kappa shape index (κ1) is 18.7. The van der Waals surface area contributed by atoms with Crippen molar-refractivity contribution in [2.75, 3.05) is 25.5 Å². The lowest BCUT2D eigenvalue weighted by Gasteiger charge is -2.32. The van der Waals surface area contributed by atoms with Gasteiger partial charge in [0.1, 0.15) is 17.7 Å². The van der Waals surface area contributed by atoms with E-state index in [1.807, 2.05) is 0 Å². The van der Waals surface area contributed by atoms with E-state index < -0.39 is 6.09 Å². The summed E-state index contributed by atoms with van der Waals surface area (Å²) in [5.74, 6) is 0.108. The molecule has 0 spiro atoms. The number of likely N-dealkylation sites (tertiary alicyclic amines) is 1. The second kappa shape index (κ2) is 8.53. The van der Waals surface area contributed by atoms with Crippen molar-refractivity contribution in [3.63, 3.8) is 0 Å². The fourth-order valence-electron chi connectivity index (χ4n) is 2.97.